The van der Waals surface area contributed by atoms with Gasteiger partial charge >= 0.3 is 5.97 Å². The zero-order valence-electron chi connectivity index (χ0n) is 18.4. The second-order valence-corrected chi connectivity index (χ2v) is 9.42. The third-order valence-electron chi connectivity index (χ3n) is 5.43. The number of ether oxygens (including phenoxy) is 1. The van der Waals surface area contributed by atoms with Gasteiger partial charge in [-0.25, -0.2) is 14.2 Å². The van der Waals surface area contributed by atoms with Gasteiger partial charge in [0.15, 0.2) is 9.47 Å². The first-order valence-corrected chi connectivity index (χ1v) is 12.4. The largest absolute Gasteiger partial charge is 0.463 e. The van der Waals surface area contributed by atoms with Gasteiger partial charge in [-0.15, -0.1) is 0 Å². The van der Waals surface area contributed by atoms with Crippen molar-refractivity contribution in [2.24, 2.45) is 4.99 Å². The van der Waals surface area contributed by atoms with E-state index in [0.29, 0.717) is 36.6 Å². The summed E-state index contributed by atoms with van der Waals surface area (Å²) in [4.78, 5) is 32.1. The number of thiazole rings is 1. The second kappa shape index (κ2) is 9.59. The molecule has 6 nitrogen and oxygen atoms in total. The smallest absolute Gasteiger partial charge is 0.338 e. The molecule has 5 rings (SSSR count). The highest BCUT2D eigenvalue weighted by Gasteiger charge is 2.35. The summed E-state index contributed by atoms with van der Waals surface area (Å²) in [6, 6.07) is 17.6. The Bertz CT molecular complexity index is 1620. The van der Waals surface area contributed by atoms with E-state index in [2.05, 4.69) is 15.9 Å². The van der Waals surface area contributed by atoms with E-state index in [1.165, 1.54) is 28.0 Å². The highest BCUT2D eigenvalue weighted by atomic mass is 79.9. The maximum Gasteiger partial charge on any atom is 0.338 e. The lowest BCUT2D eigenvalue weighted by atomic mass is 9.93. The van der Waals surface area contributed by atoms with Gasteiger partial charge in [0.25, 0.3) is 5.56 Å². The predicted molar refractivity (Wildman–Crippen MR) is 134 cm³/mol. The third-order valence-corrected chi connectivity index (χ3v) is 6.84. The molecule has 0 radical (unpaired) electrons. The number of carbonyl (C=O) groups excluding carboxylic acids is 1. The van der Waals surface area contributed by atoms with E-state index in [1.54, 1.807) is 37.3 Å². The Morgan fingerprint density at radius 3 is 2.57 bits per heavy atom. The van der Waals surface area contributed by atoms with E-state index < -0.39 is 17.8 Å². The lowest BCUT2D eigenvalue weighted by molar-refractivity contribution is -0.138. The zero-order chi connectivity index (χ0) is 24.5. The molecule has 35 heavy (non-hydrogen) atoms. The average molecular weight is 553 g/mol. The zero-order valence-corrected chi connectivity index (χ0v) is 20.8. The third kappa shape index (κ3) is 4.44. The average Bonchev–Trinajstić information content (AvgIpc) is 3.41. The molecule has 0 bridgehead atoms. The summed E-state index contributed by atoms with van der Waals surface area (Å²) in [5.74, 6) is -0.517. The first-order chi connectivity index (χ1) is 17.0. The van der Waals surface area contributed by atoms with Gasteiger partial charge in [-0.1, -0.05) is 53.8 Å². The van der Waals surface area contributed by atoms with Gasteiger partial charge in [-0.2, -0.15) is 0 Å². The van der Waals surface area contributed by atoms with E-state index in [9.17, 15) is 14.0 Å². The van der Waals surface area contributed by atoms with Crippen LogP contribution in [0.5, 0.6) is 0 Å². The number of nitrogens with zero attached hydrogens (tertiary/aromatic N) is 2. The van der Waals surface area contributed by atoms with Crippen LogP contribution in [0.25, 0.3) is 11.8 Å². The van der Waals surface area contributed by atoms with Crippen LogP contribution >= 0.6 is 27.3 Å². The van der Waals surface area contributed by atoms with E-state index in [4.69, 9.17) is 14.1 Å². The molecule has 0 amide bonds. The summed E-state index contributed by atoms with van der Waals surface area (Å²) in [7, 11) is 0. The Hall–Kier alpha value is -3.56. The van der Waals surface area contributed by atoms with Gasteiger partial charge in [-0.3, -0.25) is 9.36 Å². The molecule has 3 heterocycles. The fraction of sp³-hybridized carbons (Fsp3) is 0.115. The normalized spacial score (nSPS) is 15.6. The molecule has 2 aromatic heterocycles. The summed E-state index contributed by atoms with van der Waals surface area (Å²) in [5, 5.41) is 0. The van der Waals surface area contributed by atoms with Crippen LogP contribution in [0, 0.1) is 5.82 Å². The molecule has 2 aromatic carbocycles. The first-order valence-electron chi connectivity index (χ1n) is 10.8. The number of carbonyl (C=O) groups is 1. The molecule has 0 saturated carbocycles. The number of hydrogen-bond donors (Lipinski definition) is 0. The van der Waals surface area contributed by atoms with Crippen LogP contribution in [0.2, 0.25) is 0 Å². The second-order valence-electron chi connectivity index (χ2n) is 7.62. The highest BCUT2D eigenvalue weighted by molar-refractivity contribution is 9.10. The summed E-state index contributed by atoms with van der Waals surface area (Å²) in [6.07, 6.45) is 1.63. The first kappa shape index (κ1) is 23.2. The van der Waals surface area contributed by atoms with E-state index in [-0.39, 0.29) is 17.7 Å². The lowest BCUT2D eigenvalue weighted by Gasteiger charge is -2.25. The summed E-state index contributed by atoms with van der Waals surface area (Å²) in [6.45, 7) is 1.86. The van der Waals surface area contributed by atoms with Crippen LogP contribution in [0.1, 0.15) is 29.9 Å². The summed E-state index contributed by atoms with van der Waals surface area (Å²) in [5.41, 5.74) is 1.54. The maximum absolute atomic E-state index is 13.8. The van der Waals surface area contributed by atoms with Crippen LogP contribution in [-0.4, -0.2) is 17.1 Å². The molecule has 0 aliphatic carbocycles. The van der Waals surface area contributed by atoms with Crippen LogP contribution < -0.4 is 14.9 Å². The van der Waals surface area contributed by atoms with Gasteiger partial charge in [0, 0.05) is 11.6 Å². The van der Waals surface area contributed by atoms with Crippen LogP contribution in [0.4, 0.5) is 4.39 Å². The van der Waals surface area contributed by atoms with Crippen LogP contribution in [-0.2, 0) is 9.53 Å². The van der Waals surface area contributed by atoms with Crippen molar-refractivity contribution < 1.29 is 18.3 Å². The Morgan fingerprint density at radius 1 is 1.17 bits per heavy atom. The van der Waals surface area contributed by atoms with Crippen molar-refractivity contribution in [3.63, 3.8) is 0 Å². The van der Waals surface area contributed by atoms with Crippen molar-refractivity contribution >= 4 is 45.0 Å². The van der Waals surface area contributed by atoms with Gasteiger partial charge in [-0.05, 0) is 52.7 Å². The molecule has 0 saturated heterocycles. The molecule has 0 N–H and O–H groups in total. The fourth-order valence-electron chi connectivity index (χ4n) is 3.94. The fourth-order valence-corrected chi connectivity index (χ4v) is 5.24. The molecule has 4 aromatic rings. The monoisotopic (exact) mass is 552 g/mol. The Kier molecular flexibility index (Phi) is 6.36. The van der Waals surface area contributed by atoms with Crippen molar-refractivity contribution in [2.45, 2.75) is 13.0 Å². The van der Waals surface area contributed by atoms with Crippen molar-refractivity contribution in [2.75, 3.05) is 6.61 Å². The quantitative estimate of drug-likeness (QED) is 0.343. The van der Waals surface area contributed by atoms with Crippen molar-refractivity contribution in [1.29, 1.82) is 0 Å². The number of halogens is 2. The molecule has 0 spiro atoms. The molecule has 9 heteroatoms. The summed E-state index contributed by atoms with van der Waals surface area (Å²) >= 11 is 4.45. The number of benzene rings is 2. The number of hydrogen-bond acceptors (Lipinski definition) is 6. The standard InChI is InChI=1S/C26H18BrFN2O4S/c1-2-33-25(32)21-22(15-6-4-3-5-7-15)29-26-30(23(21)16-8-10-17(28)11-9-16)24(31)19(35-26)14-18-12-13-20(27)34-18/h3-14,23H,2H2,1H3/b19-14-. The van der Waals surface area contributed by atoms with Crippen molar-refractivity contribution in [3.05, 3.63) is 119 Å². The molecule has 1 aliphatic rings. The maximum atomic E-state index is 13.8. The van der Waals surface area contributed by atoms with Gasteiger partial charge in [0.1, 0.15) is 11.6 Å². The number of aromatic nitrogens is 1. The molecular weight excluding hydrogens is 535 g/mol. The van der Waals surface area contributed by atoms with E-state index in [1.807, 2.05) is 30.3 Å². The van der Waals surface area contributed by atoms with Gasteiger partial charge < -0.3 is 9.15 Å². The van der Waals surface area contributed by atoms with Crippen molar-refractivity contribution in [3.8, 4) is 0 Å². The molecule has 1 atom stereocenters. The summed E-state index contributed by atoms with van der Waals surface area (Å²) < 4.78 is 27.1. The molecule has 176 valence electrons. The lowest BCUT2D eigenvalue weighted by Crippen LogP contribution is -2.40. The number of rotatable bonds is 5. The molecule has 1 unspecified atom stereocenters. The predicted octanol–water partition coefficient (Wildman–Crippen LogP) is 4.43. The highest BCUT2D eigenvalue weighted by Crippen LogP contribution is 2.35. The SMILES string of the molecule is CCOC(=O)C1=C(c2ccccc2)N=c2s/c(=C\c3ccc(Br)o3)c(=O)n2C1c1ccc(F)cc1. The van der Waals surface area contributed by atoms with Crippen LogP contribution in [0.3, 0.4) is 0 Å². The Labute approximate surface area is 211 Å². The van der Waals surface area contributed by atoms with E-state index >= 15 is 0 Å². The minimum atomic E-state index is -0.855. The van der Waals surface area contributed by atoms with Crippen molar-refractivity contribution in [1.82, 2.24) is 4.57 Å². The molecule has 0 fully saturated rings. The number of esters is 1. The number of furan rings is 1. The molecule has 1 aliphatic heterocycles. The van der Waals surface area contributed by atoms with Gasteiger partial charge in [0.2, 0.25) is 0 Å². The minimum Gasteiger partial charge on any atom is -0.463 e. The Morgan fingerprint density at radius 2 is 1.91 bits per heavy atom. The van der Waals surface area contributed by atoms with Crippen LogP contribution in [0.15, 0.2) is 91.2 Å². The minimum absolute atomic E-state index is 0.151. The molecular formula is C26H18BrFN2O4S. The topological polar surface area (TPSA) is 73.8 Å². The Balaban J connectivity index is 1.83. The van der Waals surface area contributed by atoms with Gasteiger partial charge in [0.05, 0.1) is 28.5 Å². The van der Waals surface area contributed by atoms with E-state index in [0.717, 1.165) is 0 Å². The number of fused-ring (bicyclic) bond motifs is 1.